The van der Waals surface area contributed by atoms with Gasteiger partial charge in [0, 0.05) is 23.9 Å². The van der Waals surface area contributed by atoms with Gasteiger partial charge in [0.15, 0.2) is 0 Å². The second-order valence-electron chi connectivity index (χ2n) is 6.33. The normalized spacial score (nSPS) is 10.8. The van der Waals surface area contributed by atoms with Crippen LogP contribution in [0.1, 0.15) is 24.5 Å². The molecule has 2 aromatic carbocycles. The van der Waals surface area contributed by atoms with E-state index in [0.29, 0.717) is 12.3 Å². The third-order valence-corrected chi connectivity index (χ3v) is 5.18. The van der Waals surface area contributed by atoms with Crippen molar-refractivity contribution in [2.75, 3.05) is 12.3 Å². The molecule has 0 atom stereocenters. The number of hydrogen-bond acceptors (Lipinski definition) is 4. The zero-order chi connectivity index (χ0) is 18.4. The molecule has 0 aliphatic rings. The van der Waals surface area contributed by atoms with E-state index in [1.807, 2.05) is 29.2 Å². The molecule has 0 saturated carbocycles. The van der Waals surface area contributed by atoms with Gasteiger partial charge in [-0.2, -0.15) is 5.10 Å². The highest BCUT2D eigenvalue weighted by Gasteiger charge is 2.15. The zero-order valence-electron chi connectivity index (χ0n) is 15.2. The molecule has 1 amide bonds. The van der Waals surface area contributed by atoms with Gasteiger partial charge in [0.2, 0.25) is 5.91 Å². The van der Waals surface area contributed by atoms with E-state index in [1.54, 1.807) is 6.20 Å². The molecule has 0 aliphatic carbocycles. The average Bonchev–Trinajstić information content (AvgIpc) is 2.67. The number of amides is 1. The predicted octanol–water partition coefficient (Wildman–Crippen LogP) is 4.47. The zero-order valence-corrected chi connectivity index (χ0v) is 16.0. The summed E-state index contributed by atoms with van der Waals surface area (Å²) < 4.78 is 0. The van der Waals surface area contributed by atoms with Gasteiger partial charge in [-0.05, 0) is 18.9 Å². The van der Waals surface area contributed by atoms with Crippen LogP contribution in [0.5, 0.6) is 0 Å². The van der Waals surface area contributed by atoms with Crippen LogP contribution in [-0.2, 0) is 11.3 Å². The van der Waals surface area contributed by atoms with Crippen molar-refractivity contribution < 1.29 is 4.79 Å². The first-order chi connectivity index (χ1) is 12.7. The van der Waals surface area contributed by atoms with E-state index in [0.717, 1.165) is 34.3 Å². The number of hydrogen-bond donors (Lipinski definition) is 0. The number of benzene rings is 2. The van der Waals surface area contributed by atoms with Crippen LogP contribution in [0.2, 0.25) is 0 Å². The average molecular weight is 366 g/mol. The molecule has 3 rings (SSSR count). The van der Waals surface area contributed by atoms with Gasteiger partial charge in [-0.3, -0.25) is 4.79 Å². The molecule has 0 fully saturated rings. The van der Waals surface area contributed by atoms with E-state index in [9.17, 15) is 4.79 Å². The van der Waals surface area contributed by atoms with Crippen LogP contribution >= 0.6 is 11.8 Å². The van der Waals surface area contributed by atoms with Crippen LogP contribution in [0.25, 0.3) is 10.8 Å². The molecule has 26 heavy (non-hydrogen) atoms. The van der Waals surface area contributed by atoms with Crippen molar-refractivity contribution in [1.82, 2.24) is 15.1 Å². The number of rotatable bonds is 7. The lowest BCUT2D eigenvalue weighted by Gasteiger charge is -2.22. The van der Waals surface area contributed by atoms with Gasteiger partial charge < -0.3 is 4.90 Å². The van der Waals surface area contributed by atoms with Gasteiger partial charge in [0.25, 0.3) is 0 Å². The molecule has 5 heteroatoms. The summed E-state index contributed by atoms with van der Waals surface area (Å²) in [6.45, 7) is 5.57. The molecular formula is C21H23N3OS. The van der Waals surface area contributed by atoms with Crippen molar-refractivity contribution in [2.24, 2.45) is 0 Å². The number of fused-ring (bicyclic) bond motifs is 1. The van der Waals surface area contributed by atoms with Crippen LogP contribution in [-0.4, -0.2) is 33.3 Å². The van der Waals surface area contributed by atoms with Gasteiger partial charge >= 0.3 is 0 Å². The van der Waals surface area contributed by atoms with E-state index in [2.05, 4.69) is 48.3 Å². The Labute approximate surface area is 158 Å². The largest absolute Gasteiger partial charge is 0.338 e. The van der Waals surface area contributed by atoms with E-state index in [4.69, 9.17) is 0 Å². The van der Waals surface area contributed by atoms with Crippen LogP contribution < -0.4 is 0 Å². The lowest BCUT2D eigenvalue weighted by Crippen LogP contribution is -2.32. The number of carbonyl (C=O) groups is 1. The minimum absolute atomic E-state index is 0.132. The molecule has 4 nitrogen and oxygen atoms in total. The van der Waals surface area contributed by atoms with Gasteiger partial charge in [-0.1, -0.05) is 72.8 Å². The van der Waals surface area contributed by atoms with Crippen molar-refractivity contribution in [3.63, 3.8) is 0 Å². The number of thioether (sulfide) groups is 1. The lowest BCUT2D eigenvalue weighted by atomic mass is 10.1. The maximum Gasteiger partial charge on any atom is 0.233 e. The molecule has 1 aromatic heterocycles. The molecule has 0 unspecified atom stereocenters. The first kappa shape index (κ1) is 18.4. The van der Waals surface area contributed by atoms with Gasteiger partial charge in [-0.25, -0.2) is 0 Å². The van der Waals surface area contributed by atoms with Crippen LogP contribution in [0.15, 0.2) is 59.8 Å². The maximum atomic E-state index is 12.8. The van der Waals surface area contributed by atoms with Crippen molar-refractivity contribution in [1.29, 1.82) is 0 Å². The molecular weight excluding hydrogens is 342 g/mol. The summed E-state index contributed by atoms with van der Waals surface area (Å²) in [5.41, 5.74) is 2.39. The number of aryl methyl sites for hydroxylation is 1. The molecule has 0 bridgehead atoms. The van der Waals surface area contributed by atoms with E-state index >= 15 is 0 Å². The number of aromatic nitrogens is 2. The smallest absolute Gasteiger partial charge is 0.233 e. The fourth-order valence-electron chi connectivity index (χ4n) is 2.81. The Balaban J connectivity index is 1.68. The van der Waals surface area contributed by atoms with E-state index in [-0.39, 0.29) is 5.91 Å². The second-order valence-corrected chi connectivity index (χ2v) is 7.29. The van der Waals surface area contributed by atoms with Gasteiger partial charge in [0.05, 0.1) is 11.9 Å². The third kappa shape index (κ3) is 4.61. The van der Waals surface area contributed by atoms with Crippen LogP contribution in [0.3, 0.4) is 0 Å². The van der Waals surface area contributed by atoms with Gasteiger partial charge in [0.1, 0.15) is 5.03 Å². The fraction of sp³-hybridized carbons (Fsp3) is 0.286. The minimum atomic E-state index is 0.132. The first-order valence-electron chi connectivity index (χ1n) is 8.84. The van der Waals surface area contributed by atoms with Crippen molar-refractivity contribution in [3.05, 3.63) is 65.9 Å². The fourth-order valence-corrected chi connectivity index (χ4v) is 3.69. The quantitative estimate of drug-likeness (QED) is 0.580. The molecule has 0 N–H and O–H groups in total. The molecule has 0 spiro atoms. The highest BCUT2D eigenvalue weighted by atomic mass is 32.2. The Morgan fingerprint density at radius 3 is 2.65 bits per heavy atom. The third-order valence-electron chi connectivity index (χ3n) is 4.21. The molecule has 0 aliphatic heterocycles. The molecule has 0 saturated heterocycles. The van der Waals surface area contributed by atoms with E-state index in [1.165, 1.54) is 17.3 Å². The molecule has 1 heterocycles. The Hall–Kier alpha value is -2.40. The van der Waals surface area contributed by atoms with Gasteiger partial charge in [-0.15, -0.1) is 5.10 Å². The van der Waals surface area contributed by atoms with Crippen molar-refractivity contribution >= 4 is 28.4 Å². The SMILES string of the molecule is CCCN(Cc1ccc(C)cc1)C(=O)CSc1nncc2ccccc12. The van der Waals surface area contributed by atoms with E-state index < -0.39 is 0 Å². The van der Waals surface area contributed by atoms with Crippen molar-refractivity contribution in [3.8, 4) is 0 Å². The summed E-state index contributed by atoms with van der Waals surface area (Å²) in [6.07, 6.45) is 2.69. The summed E-state index contributed by atoms with van der Waals surface area (Å²) in [5.74, 6) is 0.501. The number of carbonyl (C=O) groups excluding carboxylic acids is 1. The summed E-state index contributed by atoms with van der Waals surface area (Å²) in [5, 5.41) is 11.2. The predicted molar refractivity (Wildman–Crippen MR) is 107 cm³/mol. The maximum absolute atomic E-state index is 12.8. The minimum Gasteiger partial charge on any atom is -0.338 e. The highest BCUT2D eigenvalue weighted by molar-refractivity contribution is 8.00. The molecule has 0 radical (unpaired) electrons. The Morgan fingerprint density at radius 2 is 1.88 bits per heavy atom. The molecule has 3 aromatic rings. The lowest BCUT2D eigenvalue weighted by molar-refractivity contribution is -0.129. The first-order valence-corrected chi connectivity index (χ1v) is 9.82. The summed E-state index contributed by atoms with van der Waals surface area (Å²) in [4.78, 5) is 14.7. The monoisotopic (exact) mass is 365 g/mol. The number of nitrogens with zero attached hydrogens (tertiary/aromatic N) is 3. The summed E-state index contributed by atoms with van der Waals surface area (Å²) in [6, 6.07) is 16.4. The van der Waals surface area contributed by atoms with Crippen LogP contribution in [0, 0.1) is 6.92 Å². The topological polar surface area (TPSA) is 46.1 Å². The summed E-state index contributed by atoms with van der Waals surface area (Å²) >= 11 is 1.46. The summed E-state index contributed by atoms with van der Waals surface area (Å²) in [7, 11) is 0. The molecule has 134 valence electrons. The van der Waals surface area contributed by atoms with Crippen LogP contribution in [0.4, 0.5) is 0 Å². The van der Waals surface area contributed by atoms with Crippen molar-refractivity contribution in [2.45, 2.75) is 31.8 Å². The Morgan fingerprint density at radius 1 is 1.12 bits per heavy atom. The second kappa shape index (κ2) is 8.81. The Bertz CT molecular complexity index is 875. The highest BCUT2D eigenvalue weighted by Crippen LogP contribution is 2.25. The standard InChI is InChI=1S/C21H23N3OS/c1-3-12-24(14-17-10-8-16(2)9-11-17)20(25)15-26-21-19-7-5-4-6-18(19)13-22-23-21/h4-11,13H,3,12,14-15H2,1-2H3. The Kier molecular flexibility index (Phi) is 6.23.